The molecule has 1 aliphatic rings. The molecule has 3 unspecified atom stereocenters. The van der Waals surface area contributed by atoms with Gasteiger partial charge >= 0.3 is 0 Å². The highest BCUT2D eigenvalue weighted by Gasteiger charge is 2.41. The van der Waals surface area contributed by atoms with E-state index in [9.17, 15) is 0 Å². The van der Waals surface area contributed by atoms with Gasteiger partial charge in [0.05, 0.1) is 0 Å². The lowest BCUT2D eigenvalue weighted by Crippen LogP contribution is -2.11. The molecule has 0 saturated carbocycles. The van der Waals surface area contributed by atoms with Crippen LogP contribution in [0.5, 0.6) is 0 Å². The van der Waals surface area contributed by atoms with Gasteiger partial charge in [-0.1, -0.05) is 122 Å². The molecule has 0 radical (unpaired) electrons. The summed E-state index contributed by atoms with van der Waals surface area (Å²) in [6.45, 7) is 4.31. The van der Waals surface area contributed by atoms with E-state index in [2.05, 4.69) is 123 Å². The van der Waals surface area contributed by atoms with E-state index in [-0.39, 0.29) is 18.5 Å². The minimum absolute atomic E-state index is 0.0941. The van der Waals surface area contributed by atoms with Gasteiger partial charge in [0, 0.05) is 0 Å². The maximum absolute atomic E-state index is 6.45. The van der Waals surface area contributed by atoms with Crippen LogP contribution in [-0.2, 0) is 9.47 Å². The van der Waals surface area contributed by atoms with Crippen LogP contribution < -0.4 is 0 Å². The number of ether oxygens (including phenoxy) is 2. The van der Waals surface area contributed by atoms with Gasteiger partial charge in [-0.15, -0.1) is 0 Å². The highest BCUT2D eigenvalue weighted by Crippen LogP contribution is 2.37. The maximum Gasteiger partial charge on any atom is 0.185 e. The molecule has 1 heterocycles. The fourth-order valence-corrected chi connectivity index (χ4v) is 4.23. The Labute approximate surface area is 225 Å². The predicted molar refractivity (Wildman–Crippen MR) is 158 cm³/mol. The zero-order valence-corrected chi connectivity index (χ0v) is 22.7. The quantitative estimate of drug-likeness (QED) is 0.123. The van der Waals surface area contributed by atoms with Crippen molar-refractivity contribution in [3.8, 4) is 0 Å². The number of hydrogen-bond donors (Lipinski definition) is 0. The molecule has 2 heteroatoms. The van der Waals surface area contributed by atoms with Crippen LogP contribution in [0.4, 0.5) is 0 Å². The summed E-state index contributed by atoms with van der Waals surface area (Å²) >= 11 is 0. The fourth-order valence-electron chi connectivity index (χ4n) is 4.23. The fraction of sp³-hybridized carbons (Fsp3) is 0.371. The zero-order chi connectivity index (χ0) is 26.0. The van der Waals surface area contributed by atoms with Crippen LogP contribution in [0.3, 0.4) is 0 Å². The van der Waals surface area contributed by atoms with Crippen LogP contribution in [0.15, 0.2) is 115 Å². The molecular weight excluding hydrogens is 452 g/mol. The van der Waals surface area contributed by atoms with Gasteiger partial charge in [0.15, 0.2) is 6.29 Å². The molecule has 0 amide bonds. The largest absolute Gasteiger partial charge is 0.341 e. The van der Waals surface area contributed by atoms with E-state index in [1.807, 2.05) is 6.07 Å². The third kappa shape index (κ3) is 11.3. The predicted octanol–water partition coefficient (Wildman–Crippen LogP) is 9.75. The van der Waals surface area contributed by atoms with Crippen molar-refractivity contribution in [2.24, 2.45) is 0 Å². The number of unbranched alkanes of at least 4 members (excludes halogenated alkanes) is 1. The van der Waals surface area contributed by atoms with Gasteiger partial charge in [0.2, 0.25) is 0 Å². The first-order valence-electron chi connectivity index (χ1n) is 14.0. The Balaban J connectivity index is 1.27. The third-order valence-corrected chi connectivity index (χ3v) is 6.40. The number of hydrogen-bond acceptors (Lipinski definition) is 2. The first kappa shape index (κ1) is 28.6. The molecule has 37 heavy (non-hydrogen) atoms. The Morgan fingerprint density at radius 2 is 1.30 bits per heavy atom. The molecule has 0 bridgehead atoms. The lowest BCUT2D eigenvalue weighted by molar-refractivity contribution is 0.00782. The van der Waals surface area contributed by atoms with Crippen LogP contribution in [0.1, 0.15) is 81.1 Å². The summed E-state index contributed by atoms with van der Waals surface area (Å²) in [5.41, 5.74) is 3.62. The van der Waals surface area contributed by atoms with Crippen molar-refractivity contribution in [3.63, 3.8) is 0 Å². The summed E-state index contributed by atoms with van der Waals surface area (Å²) < 4.78 is 12.3. The lowest BCUT2D eigenvalue weighted by Gasteiger charge is -2.20. The highest BCUT2D eigenvalue weighted by molar-refractivity contribution is 5.35. The van der Waals surface area contributed by atoms with Crippen molar-refractivity contribution in [2.45, 2.75) is 83.7 Å². The van der Waals surface area contributed by atoms with E-state index in [4.69, 9.17) is 9.47 Å². The Bertz CT molecular complexity index is 1030. The van der Waals surface area contributed by atoms with Crippen molar-refractivity contribution in [1.82, 2.24) is 0 Å². The van der Waals surface area contributed by atoms with E-state index < -0.39 is 0 Å². The van der Waals surface area contributed by atoms with Gasteiger partial charge in [-0.05, 0) is 75.0 Å². The van der Waals surface area contributed by atoms with Crippen molar-refractivity contribution >= 4 is 0 Å². The van der Waals surface area contributed by atoms with E-state index in [1.54, 1.807) is 0 Å². The van der Waals surface area contributed by atoms with Crippen molar-refractivity contribution < 1.29 is 9.47 Å². The number of allylic oxidation sites excluding steroid dienone is 10. The highest BCUT2D eigenvalue weighted by atomic mass is 16.8. The van der Waals surface area contributed by atoms with Gasteiger partial charge in [-0.2, -0.15) is 0 Å². The standard InChI is InChI=1S/C35H44O2/c1-3-4-5-6-7-8-9-10-11-12-13-14-15-16-17-18-22-29-33-35(36-33)37-34(31-26-20-19-21-27-31)32-28-24-23-25-30(32)2/h4-5,7-8,10-11,13-14,16-17,19-21,23-28,33-35H,3,6,9,12,15,18,22,29H2,1-2H3. The van der Waals surface area contributed by atoms with Gasteiger partial charge in [0.1, 0.15) is 12.2 Å². The average molecular weight is 497 g/mol. The first-order valence-corrected chi connectivity index (χ1v) is 14.0. The molecule has 0 aromatic heterocycles. The molecule has 0 spiro atoms. The molecule has 2 aromatic rings. The van der Waals surface area contributed by atoms with Crippen molar-refractivity contribution in [1.29, 1.82) is 0 Å². The van der Waals surface area contributed by atoms with Crippen LogP contribution in [-0.4, -0.2) is 12.4 Å². The Hall–Kier alpha value is -2.94. The van der Waals surface area contributed by atoms with E-state index in [1.165, 1.54) is 16.7 Å². The molecule has 3 atom stereocenters. The second kappa shape index (κ2) is 17.5. The summed E-state index contributed by atoms with van der Waals surface area (Å²) in [4.78, 5) is 0. The summed E-state index contributed by atoms with van der Waals surface area (Å²) in [5, 5.41) is 0. The van der Waals surface area contributed by atoms with Crippen molar-refractivity contribution in [2.75, 3.05) is 0 Å². The first-order chi connectivity index (χ1) is 18.3. The summed E-state index contributed by atoms with van der Waals surface area (Å²) in [6.07, 6.45) is 30.8. The molecule has 0 N–H and O–H groups in total. The SMILES string of the molecule is CCC=CCC=CCC=CCC=CCC=CCCCC1OC1OC(c1ccccc1)c1ccccc1C. The Morgan fingerprint density at radius 1 is 0.730 bits per heavy atom. The van der Waals surface area contributed by atoms with Crippen molar-refractivity contribution in [3.05, 3.63) is 132 Å². The summed E-state index contributed by atoms with van der Waals surface area (Å²) in [6, 6.07) is 18.9. The Morgan fingerprint density at radius 3 is 1.92 bits per heavy atom. The Kier molecular flexibility index (Phi) is 13.5. The monoisotopic (exact) mass is 496 g/mol. The number of epoxide rings is 1. The molecule has 1 saturated heterocycles. The van der Waals surface area contributed by atoms with E-state index in [0.717, 1.165) is 51.4 Å². The number of benzene rings is 2. The summed E-state index contributed by atoms with van der Waals surface area (Å²) in [7, 11) is 0. The maximum atomic E-state index is 6.45. The topological polar surface area (TPSA) is 21.8 Å². The normalized spacial score (nSPS) is 18.8. The second-order valence-corrected chi connectivity index (χ2v) is 9.47. The number of rotatable bonds is 17. The van der Waals surface area contributed by atoms with Gasteiger partial charge in [-0.25, -0.2) is 0 Å². The third-order valence-electron chi connectivity index (χ3n) is 6.40. The van der Waals surface area contributed by atoms with Crippen LogP contribution in [0.2, 0.25) is 0 Å². The average Bonchev–Trinajstić information content (AvgIpc) is 3.67. The molecule has 1 aliphatic heterocycles. The zero-order valence-electron chi connectivity index (χ0n) is 22.7. The molecule has 3 rings (SSSR count). The summed E-state index contributed by atoms with van der Waals surface area (Å²) in [5.74, 6) is 0. The van der Waals surface area contributed by atoms with Crippen LogP contribution >= 0.6 is 0 Å². The van der Waals surface area contributed by atoms with E-state index in [0.29, 0.717) is 0 Å². The molecule has 2 aromatic carbocycles. The van der Waals surface area contributed by atoms with Gasteiger partial charge in [-0.3, -0.25) is 0 Å². The molecule has 2 nitrogen and oxygen atoms in total. The molecule has 196 valence electrons. The van der Waals surface area contributed by atoms with Gasteiger partial charge < -0.3 is 9.47 Å². The van der Waals surface area contributed by atoms with Gasteiger partial charge in [0.25, 0.3) is 0 Å². The smallest absolute Gasteiger partial charge is 0.185 e. The molecular formula is C35H44O2. The minimum atomic E-state index is -0.113. The lowest BCUT2D eigenvalue weighted by atomic mass is 9.97. The van der Waals surface area contributed by atoms with E-state index >= 15 is 0 Å². The minimum Gasteiger partial charge on any atom is -0.341 e. The van der Waals surface area contributed by atoms with Crippen LogP contribution in [0, 0.1) is 6.92 Å². The van der Waals surface area contributed by atoms with Crippen LogP contribution in [0.25, 0.3) is 0 Å². The molecule has 1 fully saturated rings. The number of aryl methyl sites for hydroxylation is 1. The molecule has 0 aliphatic carbocycles. The second-order valence-electron chi connectivity index (χ2n) is 9.47.